The molecule has 0 bridgehead atoms. The summed E-state index contributed by atoms with van der Waals surface area (Å²) in [6.45, 7) is 5.50. The van der Waals surface area contributed by atoms with Crippen molar-refractivity contribution in [2.24, 2.45) is 0 Å². The maximum Gasteiger partial charge on any atom is 0.204 e. The van der Waals surface area contributed by atoms with Crippen LogP contribution in [-0.4, -0.2) is 54.7 Å². The molecule has 0 radical (unpaired) electrons. The highest BCUT2D eigenvalue weighted by molar-refractivity contribution is 5.63. The van der Waals surface area contributed by atoms with Crippen molar-refractivity contribution in [2.45, 2.75) is 25.8 Å². The third-order valence-electron chi connectivity index (χ3n) is 3.57. The molecule has 6 nitrogen and oxygen atoms in total. The molecule has 1 unspecified atom stereocenters. The zero-order chi connectivity index (χ0) is 13.7. The number of likely N-dealkylation sites (tertiary alicyclic amines) is 1. The van der Waals surface area contributed by atoms with Crippen LogP contribution in [0.15, 0.2) is 6.33 Å². The minimum Gasteiger partial charge on any atom is -0.490 e. The largest absolute Gasteiger partial charge is 0.490 e. The summed E-state index contributed by atoms with van der Waals surface area (Å²) in [7, 11) is 3.45. The second-order valence-electron chi connectivity index (χ2n) is 4.83. The first kappa shape index (κ1) is 13.9. The number of aromatic nitrogens is 2. The Balaban J connectivity index is 1.98. The lowest BCUT2D eigenvalue weighted by Crippen LogP contribution is -2.35. The highest BCUT2D eigenvalue weighted by Gasteiger charge is 2.18. The molecule has 1 aliphatic rings. The predicted octanol–water partition coefficient (Wildman–Crippen LogP) is 1.42. The van der Waals surface area contributed by atoms with Crippen LogP contribution in [0.25, 0.3) is 0 Å². The van der Waals surface area contributed by atoms with Crippen molar-refractivity contribution in [1.29, 1.82) is 0 Å². The first-order valence-electron chi connectivity index (χ1n) is 6.81. The molecule has 2 N–H and O–H groups in total. The molecular weight excluding hydrogens is 242 g/mol. The second-order valence-corrected chi connectivity index (χ2v) is 4.83. The van der Waals surface area contributed by atoms with E-state index in [1.165, 1.54) is 32.3 Å². The van der Waals surface area contributed by atoms with E-state index in [4.69, 9.17) is 4.74 Å². The summed E-state index contributed by atoms with van der Waals surface area (Å²) in [6, 6.07) is 0.500. The molecule has 1 aromatic heterocycles. The molecule has 0 aromatic carbocycles. The van der Waals surface area contributed by atoms with Crippen molar-refractivity contribution in [3.8, 4) is 5.75 Å². The van der Waals surface area contributed by atoms with Crippen LogP contribution in [0, 0.1) is 0 Å². The Morgan fingerprint density at radius 1 is 1.32 bits per heavy atom. The van der Waals surface area contributed by atoms with Crippen LogP contribution in [0.4, 0.5) is 11.6 Å². The molecule has 0 spiro atoms. The minimum atomic E-state index is 0.500. The van der Waals surface area contributed by atoms with Crippen LogP contribution in [0.5, 0.6) is 5.75 Å². The van der Waals surface area contributed by atoms with E-state index in [1.54, 1.807) is 7.11 Å². The van der Waals surface area contributed by atoms with E-state index in [2.05, 4.69) is 32.4 Å². The number of ether oxygens (including phenoxy) is 1. The van der Waals surface area contributed by atoms with Gasteiger partial charge in [-0.1, -0.05) is 0 Å². The zero-order valence-electron chi connectivity index (χ0n) is 11.9. The molecule has 0 amide bonds. The van der Waals surface area contributed by atoms with Gasteiger partial charge in [-0.2, -0.15) is 0 Å². The maximum atomic E-state index is 5.36. The summed E-state index contributed by atoms with van der Waals surface area (Å²) in [5.41, 5.74) is 0. The van der Waals surface area contributed by atoms with Crippen molar-refractivity contribution in [3.05, 3.63) is 6.33 Å². The summed E-state index contributed by atoms with van der Waals surface area (Å²) in [5.74, 6) is 2.11. The van der Waals surface area contributed by atoms with Gasteiger partial charge in [0.25, 0.3) is 0 Å². The van der Waals surface area contributed by atoms with Crippen LogP contribution in [0.1, 0.15) is 19.8 Å². The highest BCUT2D eigenvalue weighted by atomic mass is 16.5. The van der Waals surface area contributed by atoms with E-state index < -0.39 is 0 Å². The molecule has 2 rings (SSSR count). The molecule has 1 saturated heterocycles. The topological polar surface area (TPSA) is 62.3 Å². The van der Waals surface area contributed by atoms with Gasteiger partial charge in [0.15, 0.2) is 11.6 Å². The normalized spacial score (nSPS) is 17.2. The van der Waals surface area contributed by atoms with Crippen LogP contribution >= 0.6 is 0 Å². The van der Waals surface area contributed by atoms with Gasteiger partial charge in [-0.05, 0) is 32.9 Å². The lowest BCUT2D eigenvalue weighted by atomic mass is 10.3. The molecule has 1 aliphatic heterocycles. The van der Waals surface area contributed by atoms with Gasteiger partial charge in [0.05, 0.1) is 7.11 Å². The van der Waals surface area contributed by atoms with Crippen LogP contribution < -0.4 is 15.4 Å². The zero-order valence-corrected chi connectivity index (χ0v) is 11.9. The fourth-order valence-electron chi connectivity index (χ4n) is 2.43. The summed E-state index contributed by atoms with van der Waals surface area (Å²) in [5, 5.41) is 6.36. The first-order chi connectivity index (χ1) is 9.26. The van der Waals surface area contributed by atoms with Crippen molar-refractivity contribution in [3.63, 3.8) is 0 Å². The van der Waals surface area contributed by atoms with Crippen molar-refractivity contribution >= 4 is 11.6 Å². The molecule has 1 fully saturated rings. The highest BCUT2D eigenvalue weighted by Crippen LogP contribution is 2.28. The number of anilines is 2. The minimum absolute atomic E-state index is 0.500. The Morgan fingerprint density at radius 2 is 2.00 bits per heavy atom. The second kappa shape index (κ2) is 6.56. The summed E-state index contributed by atoms with van der Waals surface area (Å²) >= 11 is 0. The van der Waals surface area contributed by atoms with Gasteiger partial charge >= 0.3 is 0 Å². The number of methoxy groups -OCH3 is 1. The Labute approximate surface area is 114 Å². The average molecular weight is 265 g/mol. The SMILES string of the molecule is CNc1ncnc(NCC(C)N2CCCC2)c1OC. The first-order valence-corrected chi connectivity index (χ1v) is 6.81. The van der Waals surface area contributed by atoms with Gasteiger partial charge < -0.3 is 15.4 Å². The van der Waals surface area contributed by atoms with Gasteiger partial charge in [-0.3, -0.25) is 4.90 Å². The van der Waals surface area contributed by atoms with E-state index in [1.807, 2.05) is 7.05 Å². The lowest BCUT2D eigenvalue weighted by molar-refractivity contribution is 0.269. The van der Waals surface area contributed by atoms with Crippen LogP contribution in [-0.2, 0) is 0 Å². The number of nitrogens with zero attached hydrogens (tertiary/aromatic N) is 3. The lowest BCUT2D eigenvalue weighted by Gasteiger charge is -2.24. The quantitative estimate of drug-likeness (QED) is 0.811. The van der Waals surface area contributed by atoms with Crippen molar-refractivity contribution in [1.82, 2.24) is 14.9 Å². The standard InChI is InChI=1S/C13H23N5O/c1-10(18-6-4-5-7-18)8-15-13-11(19-3)12(14-2)16-9-17-13/h9-10H,4-8H2,1-3H3,(H2,14,15,16,17). The van der Waals surface area contributed by atoms with Gasteiger partial charge in [-0.15, -0.1) is 0 Å². The Bertz CT molecular complexity index is 406. The van der Waals surface area contributed by atoms with E-state index in [0.717, 1.165) is 12.4 Å². The van der Waals surface area contributed by atoms with Gasteiger partial charge in [0, 0.05) is 19.6 Å². The van der Waals surface area contributed by atoms with E-state index in [-0.39, 0.29) is 0 Å². The molecular formula is C13H23N5O. The van der Waals surface area contributed by atoms with Crippen molar-refractivity contribution in [2.75, 3.05) is 44.4 Å². The summed E-state index contributed by atoms with van der Waals surface area (Å²) in [4.78, 5) is 10.9. The van der Waals surface area contributed by atoms with Crippen LogP contribution in [0.3, 0.4) is 0 Å². The average Bonchev–Trinajstić information content (AvgIpc) is 2.98. The van der Waals surface area contributed by atoms with Gasteiger partial charge in [-0.25, -0.2) is 9.97 Å². The van der Waals surface area contributed by atoms with Crippen LogP contribution in [0.2, 0.25) is 0 Å². The van der Waals surface area contributed by atoms with E-state index in [0.29, 0.717) is 17.6 Å². The smallest absolute Gasteiger partial charge is 0.204 e. The van der Waals surface area contributed by atoms with E-state index >= 15 is 0 Å². The third-order valence-corrected chi connectivity index (χ3v) is 3.57. The van der Waals surface area contributed by atoms with E-state index in [9.17, 15) is 0 Å². The molecule has 106 valence electrons. The van der Waals surface area contributed by atoms with Crippen molar-refractivity contribution < 1.29 is 4.74 Å². The fraction of sp³-hybridized carbons (Fsp3) is 0.692. The number of hydrogen-bond donors (Lipinski definition) is 2. The molecule has 19 heavy (non-hydrogen) atoms. The number of nitrogens with one attached hydrogen (secondary N) is 2. The van der Waals surface area contributed by atoms with Gasteiger partial charge in [0.2, 0.25) is 5.75 Å². The maximum absolute atomic E-state index is 5.36. The Morgan fingerprint density at radius 3 is 2.63 bits per heavy atom. The molecule has 0 aliphatic carbocycles. The summed E-state index contributed by atoms with van der Waals surface area (Å²) in [6.07, 6.45) is 4.16. The number of rotatable bonds is 6. The van der Waals surface area contributed by atoms with Gasteiger partial charge in [0.1, 0.15) is 6.33 Å². The third kappa shape index (κ3) is 3.26. The summed E-state index contributed by atoms with van der Waals surface area (Å²) < 4.78 is 5.36. The molecule has 2 heterocycles. The number of hydrogen-bond acceptors (Lipinski definition) is 6. The monoisotopic (exact) mass is 265 g/mol. The molecule has 1 aromatic rings. The Hall–Kier alpha value is -1.56. The molecule has 0 saturated carbocycles. The predicted molar refractivity (Wildman–Crippen MR) is 76.9 cm³/mol. The fourth-order valence-corrected chi connectivity index (χ4v) is 2.43. The molecule has 1 atom stereocenters. The Kier molecular flexibility index (Phi) is 4.79. The molecule has 6 heteroatoms.